The van der Waals surface area contributed by atoms with E-state index in [1.54, 1.807) is 60.7 Å². The SMILES string of the molecule is C=CCC(C(=O)c1ccc(Cl)cc1)/C(=C/c1ccc(Cl)cc1)OC(C)=O. The second-order valence-electron chi connectivity index (χ2n) is 5.64. The second kappa shape index (κ2) is 9.37. The smallest absolute Gasteiger partial charge is 0.307 e. The normalized spacial score (nSPS) is 12.3. The summed E-state index contributed by atoms with van der Waals surface area (Å²) in [4.78, 5) is 24.5. The Morgan fingerprint density at radius 2 is 1.58 bits per heavy atom. The van der Waals surface area contributed by atoms with Crippen LogP contribution in [-0.4, -0.2) is 11.8 Å². The van der Waals surface area contributed by atoms with E-state index in [4.69, 9.17) is 27.9 Å². The van der Waals surface area contributed by atoms with Crippen molar-refractivity contribution in [3.05, 3.63) is 88.1 Å². The van der Waals surface area contributed by atoms with Crippen LogP contribution >= 0.6 is 23.2 Å². The highest BCUT2D eigenvalue weighted by Gasteiger charge is 2.25. The summed E-state index contributed by atoms with van der Waals surface area (Å²) < 4.78 is 5.36. The summed E-state index contributed by atoms with van der Waals surface area (Å²) in [6.45, 7) is 5.01. The van der Waals surface area contributed by atoms with Crippen LogP contribution in [0.15, 0.2) is 66.9 Å². The van der Waals surface area contributed by atoms with Gasteiger partial charge in [-0.3, -0.25) is 9.59 Å². The summed E-state index contributed by atoms with van der Waals surface area (Å²) in [7, 11) is 0. The molecule has 0 saturated carbocycles. The molecule has 134 valence electrons. The number of ketones is 1. The van der Waals surface area contributed by atoms with E-state index in [2.05, 4.69) is 6.58 Å². The van der Waals surface area contributed by atoms with Crippen LogP contribution < -0.4 is 0 Å². The quantitative estimate of drug-likeness (QED) is 0.254. The molecule has 0 aliphatic heterocycles. The summed E-state index contributed by atoms with van der Waals surface area (Å²) in [5, 5.41) is 1.13. The fourth-order valence-corrected chi connectivity index (χ4v) is 2.68. The number of rotatable bonds is 7. The molecule has 3 nitrogen and oxygen atoms in total. The number of carbonyl (C=O) groups is 2. The maximum atomic E-state index is 13.0. The molecule has 0 N–H and O–H groups in total. The zero-order valence-electron chi connectivity index (χ0n) is 14.2. The van der Waals surface area contributed by atoms with Gasteiger partial charge in [-0.1, -0.05) is 41.4 Å². The molecule has 0 spiro atoms. The van der Waals surface area contributed by atoms with Gasteiger partial charge in [-0.2, -0.15) is 0 Å². The molecule has 26 heavy (non-hydrogen) atoms. The summed E-state index contributed by atoms with van der Waals surface area (Å²) in [5.41, 5.74) is 1.25. The van der Waals surface area contributed by atoms with Gasteiger partial charge in [0.1, 0.15) is 5.76 Å². The number of halogens is 2. The molecular formula is C21H18Cl2O3. The summed E-state index contributed by atoms with van der Waals surface area (Å²) in [6.07, 6.45) is 3.62. The molecule has 1 unspecified atom stereocenters. The monoisotopic (exact) mass is 388 g/mol. The van der Waals surface area contributed by atoms with E-state index in [9.17, 15) is 9.59 Å². The fourth-order valence-electron chi connectivity index (χ4n) is 2.42. The van der Waals surface area contributed by atoms with Gasteiger partial charge in [-0.25, -0.2) is 0 Å². The number of ether oxygens (including phenoxy) is 1. The molecular weight excluding hydrogens is 371 g/mol. The lowest BCUT2D eigenvalue weighted by Gasteiger charge is -2.18. The van der Waals surface area contributed by atoms with Crippen molar-refractivity contribution in [2.75, 3.05) is 0 Å². The van der Waals surface area contributed by atoms with Gasteiger partial charge in [-0.15, -0.1) is 6.58 Å². The summed E-state index contributed by atoms with van der Waals surface area (Å²) >= 11 is 11.8. The Bertz CT molecular complexity index is 821. The van der Waals surface area contributed by atoms with Crippen molar-refractivity contribution in [1.82, 2.24) is 0 Å². The van der Waals surface area contributed by atoms with E-state index in [1.165, 1.54) is 6.92 Å². The van der Waals surface area contributed by atoms with Crippen molar-refractivity contribution in [2.45, 2.75) is 13.3 Å². The molecule has 5 heteroatoms. The van der Waals surface area contributed by atoms with Crippen LogP contribution in [-0.2, 0) is 9.53 Å². The first-order chi connectivity index (χ1) is 12.4. The fraction of sp³-hybridized carbons (Fsp3) is 0.143. The molecule has 0 radical (unpaired) electrons. The van der Waals surface area contributed by atoms with Gasteiger partial charge in [0.15, 0.2) is 5.78 Å². The maximum absolute atomic E-state index is 13.0. The van der Waals surface area contributed by atoms with Gasteiger partial charge >= 0.3 is 5.97 Å². The molecule has 0 aliphatic rings. The predicted molar refractivity (Wildman–Crippen MR) is 105 cm³/mol. The summed E-state index contributed by atoms with van der Waals surface area (Å²) in [6, 6.07) is 13.6. The molecule has 0 fully saturated rings. The van der Waals surface area contributed by atoms with E-state index in [0.717, 1.165) is 5.56 Å². The number of allylic oxidation sites excluding steroid dienone is 2. The number of hydrogen-bond acceptors (Lipinski definition) is 3. The Kier molecular flexibility index (Phi) is 7.19. The van der Waals surface area contributed by atoms with E-state index >= 15 is 0 Å². The van der Waals surface area contributed by atoms with Gasteiger partial charge in [0.05, 0.1) is 5.92 Å². The van der Waals surface area contributed by atoms with Crippen LogP contribution in [0.25, 0.3) is 6.08 Å². The topological polar surface area (TPSA) is 43.4 Å². The van der Waals surface area contributed by atoms with Crippen LogP contribution in [0.5, 0.6) is 0 Å². The van der Waals surface area contributed by atoms with Gasteiger partial charge in [0, 0.05) is 22.5 Å². The molecule has 0 heterocycles. The molecule has 2 aromatic carbocycles. The first-order valence-corrected chi connectivity index (χ1v) is 8.72. The zero-order valence-corrected chi connectivity index (χ0v) is 15.8. The van der Waals surface area contributed by atoms with Crippen molar-refractivity contribution < 1.29 is 14.3 Å². The average molecular weight is 389 g/mol. The Balaban J connectivity index is 2.43. The molecule has 0 amide bonds. The highest BCUT2D eigenvalue weighted by atomic mass is 35.5. The Morgan fingerprint density at radius 1 is 1.04 bits per heavy atom. The van der Waals surface area contributed by atoms with Gasteiger partial charge in [-0.05, 0) is 54.5 Å². The highest BCUT2D eigenvalue weighted by Crippen LogP contribution is 2.26. The van der Waals surface area contributed by atoms with Crippen LogP contribution in [0.4, 0.5) is 0 Å². The lowest BCUT2D eigenvalue weighted by atomic mass is 9.91. The number of hydrogen-bond donors (Lipinski definition) is 0. The number of benzene rings is 2. The van der Waals surface area contributed by atoms with Crippen molar-refractivity contribution >= 4 is 41.0 Å². The molecule has 0 saturated heterocycles. The number of carbonyl (C=O) groups excluding carboxylic acids is 2. The number of Topliss-reactive ketones (excluding diaryl/α,β-unsaturated/α-hetero) is 1. The largest absolute Gasteiger partial charge is 0.430 e. The standard InChI is InChI=1S/C21H18Cl2O3/c1-3-4-19(21(25)16-7-11-18(23)12-8-16)20(26-14(2)24)13-15-5-9-17(22)10-6-15/h3,5-13,19H,1,4H2,2H3/b20-13-. The average Bonchev–Trinajstić information content (AvgIpc) is 2.61. The molecule has 1 atom stereocenters. The predicted octanol–water partition coefficient (Wildman–Crippen LogP) is 5.97. The van der Waals surface area contributed by atoms with Gasteiger partial charge in [0.2, 0.25) is 0 Å². The number of esters is 1. The van der Waals surface area contributed by atoms with Crippen LogP contribution in [0.3, 0.4) is 0 Å². The van der Waals surface area contributed by atoms with E-state index in [1.807, 2.05) is 0 Å². The Labute approximate surface area is 162 Å². The Hall–Kier alpha value is -2.36. The lowest BCUT2D eigenvalue weighted by Crippen LogP contribution is -2.20. The van der Waals surface area contributed by atoms with Crippen LogP contribution in [0.2, 0.25) is 10.0 Å². The van der Waals surface area contributed by atoms with E-state index in [-0.39, 0.29) is 11.5 Å². The highest BCUT2D eigenvalue weighted by molar-refractivity contribution is 6.30. The first kappa shape index (κ1) is 20.0. The maximum Gasteiger partial charge on any atom is 0.307 e. The van der Waals surface area contributed by atoms with Gasteiger partial charge in [0.25, 0.3) is 0 Å². The van der Waals surface area contributed by atoms with Crippen molar-refractivity contribution in [2.24, 2.45) is 5.92 Å². The minimum atomic E-state index is -0.673. The Morgan fingerprint density at radius 3 is 2.08 bits per heavy atom. The summed E-state index contributed by atoms with van der Waals surface area (Å²) in [5.74, 6) is -1.08. The second-order valence-corrected chi connectivity index (χ2v) is 6.51. The molecule has 0 aromatic heterocycles. The van der Waals surface area contributed by atoms with Crippen LogP contribution in [0.1, 0.15) is 29.3 Å². The van der Waals surface area contributed by atoms with Crippen molar-refractivity contribution in [1.29, 1.82) is 0 Å². The third-order valence-corrected chi connectivity index (χ3v) is 4.14. The lowest BCUT2D eigenvalue weighted by molar-refractivity contribution is -0.137. The van der Waals surface area contributed by atoms with Gasteiger partial charge < -0.3 is 4.74 Å². The minimum absolute atomic E-state index is 0.178. The van der Waals surface area contributed by atoms with Crippen molar-refractivity contribution in [3.8, 4) is 0 Å². The first-order valence-electron chi connectivity index (χ1n) is 7.97. The molecule has 2 aromatic rings. The third kappa shape index (κ3) is 5.58. The van der Waals surface area contributed by atoms with Crippen LogP contribution in [0, 0.1) is 5.92 Å². The third-order valence-electron chi connectivity index (χ3n) is 3.63. The van der Waals surface area contributed by atoms with E-state index < -0.39 is 11.9 Å². The minimum Gasteiger partial charge on any atom is -0.430 e. The zero-order chi connectivity index (χ0) is 19.1. The molecule has 2 rings (SSSR count). The van der Waals surface area contributed by atoms with E-state index in [0.29, 0.717) is 22.0 Å². The van der Waals surface area contributed by atoms with Crippen molar-refractivity contribution in [3.63, 3.8) is 0 Å². The molecule has 0 aliphatic carbocycles. The molecule has 0 bridgehead atoms.